The summed E-state index contributed by atoms with van der Waals surface area (Å²) >= 11 is 0. The molecule has 5 heteroatoms. The van der Waals surface area contributed by atoms with Gasteiger partial charge in [0.05, 0.1) is 4.90 Å². The number of carbonyl (C=O) groups is 1. The predicted octanol–water partition coefficient (Wildman–Crippen LogP) is 1.70. The Bertz CT molecular complexity index is 491. The van der Waals surface area contributed by atoms with Crippen molar-refractivity contribution in [2.24, 2.45) is 0 Å². The van der Waals surface area contributed by atoms with E-state index in [0.717, 1.165) is 6.26 Å². The zero-order valence-corrected chi connectivity index (χ0v) is 10.8. The van der Waals surface area contributed by atoms with Crippen molar-refractivity contribution in [3.8, 4) is 0 Å². The van der Waals surface area contributed by atoms with Gasteiger partial charge in [-0.05, 0) is 18.6 Å². The van der Waals surface area contributed by atoms with Gasteiger partial charge in [-0.1, -0.05) is 12.1 Å². The summed E-state index contributed by atoms with van der Waals surface area (Å²) in [6, 6.07) is 6.12. The second kappa shape index (κ2) is 5.93. The third-order valence-corrected chi connectivity index (χ3v) is 3.45. The quantitative estimate of drug-likeness (QED) is 0.574. The van der Waals surface area contributed by atoms with E-state index in [2.05, 4.69) is 0 Å². The highest BCUT2D eigenvalue weighted by Gasteiger charge is 2.11. The van der Waals surface area contributed by atoms with Crippen molar-refractivity contribution in [1.29, 1.82) is 0 Å². The van der Waals surface area contributed by atoms with Crippen LogP contribution in [0.3, 0.4) is 0 Å². The van der Waals surface area contributed by atoms with Crippen molar-refractivity contribution in [2.45, 2.75) is 17.7 Å². The summed E-state index contributed by atoms with van der Waals surface area (Å²) in [7, 11) is -1.68. The van der Waals surface area contributed by atoms with Gasteiger partial charge >= 0.3 is 0 Å². The summed E-state index contributed by atoms with van der Waals surface area (Å²) in [6.07, 6.45) is 2.13. The molecule has 0 fully saturated rings. The molecule has 0 bridgehead atoms. The summed E-state index contributed by atoms with van der Waals surface area (Å²) < 4.78 is 27.5. The highest BCUT2D eigenvalue weighted by atomic mass is 32.2. The number of hydrogen-bond acceptors (Lipinski definition) is 4. The van der Waals surface area contributed by atoms with Crippen LogP contribution in [-0.4, -0.2) is 34.2 Å². The maximum atomic E-state index is 11.7. The molecule has 17 heavy (non-hydrogen) atoms. The van der Waals surface area contributed by atoms with Crippen LogP contribution in [-0.2, 0) is 14.6 Å². The fourth-order valence-electron chi connectivity index (χ4n) is 1.42. The lowest BCUT2D eigenvalue weighted by Crippen LogP contribution is -2.04. The zero-order valence-electron chi connectivity index (χ0n) is 9.97. The SMILES string of the molecule is COCCCC(=O)c1cccc(S(C)(=O)=O)c1. The van der Waals surface area contributed by atoms with Crippen LogP contribution < -0.4 is 0 Å². The van der Waals surface area contributed by atoms with Gasteiger partial charge in [-0.3, -0.25) is 4.79 Å². The third-order valence-electron chi connectivity index (χ3n) is 2.34. The van der Waals surface area contributed by atoms with Gasteiger partial charge in [0.1, 0.15) is 0 Å². The molecule has 94 valence electrons. The van der Waals surface area contributed by atoms with E-state index in [1.54, 1.807) is 19.2 Å². The molecule has 0 unspecified atom stereocenters. The first-order valence-corrected chi connectivity index (χ1v) is 7.16. The van der Waals surface area contributed by atoms with E-state index in [1.165, 1.54) is 12.1 Å². The average molecular weight is 256 g/mol. The Labute approximate surface area is 102 Å². The largest absolute Gasteiger partial charge is 0.385 e. The fourth-order valence-corrected chi connectivity index (χ4v) is 2.09. The topological polar surface area (TPSA) is 60.4 Å². The molecule has 0 aliphatic carbocycles. The van der Waals surface area contributed by atoms with Crippen LogP contribution in [0.1, 0.15) is 23.2 Å². The van der Waals surface area contributed by atoms with Crippen LogP contribution in [0.25, 0.3) is 0 Å². The van der Waals surface area contributed by atoms with Gasteiger partial charge in [-0.25, -0.2) is 8.42 Å². The Balaban J connectivity index is 2.82. The van der Waals surface area contributed by atoms with Crippen molar-refractivity contribution in [1.82, 2.24) is 0 Å². The van der Waals surface area contributed by atoms with Crippen LogP contribution in [0.5, 0.6) is 0 Å². The molecule has 0 saturated heterocycles. The van der Waals surface area contributed by atoms with Gasteiger partial charge in [-0.15, -0.1) is 0 Å². The molecular formula is C12H16O4S. The van der Waals surface area contributed by atoms with E-state index in [4.69, 9.17) is 4.74 Å². The Morgan fingerprint density at radius 1 is 1.35 bits per heavy atom. The number of ketones is 1. The minimum absolute atomic E-state index is 0.0625. The maximum absolute atomic E-state index is 11.7. The van der Waals surface area contributed by atoms with Crippen LogP contribution in [0.2, 0.25) is 0 Å². The number of benzene rings is 1. The number of carbonyl (C=O) groups excluding carboxylic acids is 1. The molecule has 1 rings (SSSR count). The lowest BCUT2D eigenvalue weighted by molar-refractivity contribution is 0.0963. The van der Waals surface area contributed by atoms with Gasteiger partial charge in [0.2, 0.25) is 0 Å². The first kappa shape index (κ1) is 13.9. The highest BCUT2D eigenvalue weighted by molar-refractivity contribution is 7.90. The Kier molecular flexibility index (Phi) is 4.84. The molecule has 0 radical (unpaired) electrons. The summed E-state index contributed by atoms with van der Waals surface area (Å²) in [5.74, 6) is -0.0625. The zero-order chi connectivity index (χ0) is 12.9. The maximum Gasteiger partial charge on any atom is 0.175 e. The molecule has 0 spiro atoms. The van der Waals surface area contributed by atoms with Crippen molar-refractivity contribution in [3.63, 3.8) is 0 Å². The number of methoxy groups -OCH3 is 1. The summed E-state index contributed by atoms with van der Waals surface area (Å²) in [4.78, 5) is 11.9. The number of sulfone groups is 1. The minimum atomic E-state index is -3.26. The number of rotatable bonds is 6. The molecule has 0 N–H and O–H groups in total. The number of hydrogen-bond donors (Lipinski definition) is 0. The molecule has 0 aliphatic heterocycles. The van der Waals surface area contributed by atoms with Crippen LogP contribution in [0.4, 0.5) is 0 Å². The van der Waals surface area contributed by atoms with Gasteiger partial charge < -0.3 is 4.74 Å². The summed E-state index contributed by atoms with van der Waals surface area (Å²) in [6.45, 7) is 0.525. The molecule has 1 aromatic rings. The first-order valence-electron chi connectivity index (χ1n) is 5.27. The van der Waals surface area contributed by atoms with E-state index in [1.807, 2.05) is 0 Å². The predicted molar refractivity (Wildman–Crippen MR) is 65.0 cm³/mol. The normalized spacial score (nSPS) is 11.4. The van der Waals surface area contributed by atoms with Crippen LogP contribution >= 0.6 is 0 Å². The summed E-state index contributed by atoms with van der Waals surface area (Å²) in [5.41, 5.74) is 0.434. The van der Waals surface area contributed by atoms with E-state index in [9.17, 15) is 13.2 Å². The monoisotopic (exact) mass is 256 g/mol. The Hall–Kier alpha value is -1.20. The molecule has 0 aromatic heterocycles. The number of ether oxygens (including phenoxy) is 1. The highest BCUT2D eigenvalue weighted by Crippen LogP contribution is 2.13. The standard InChI is InChI=1S/C12H16O4S/c1-16-8-4-7-12(13)10-5-3-6-11(9-10)17(2,14)15/h3,5-6,9H,4,7-8H2,1-2H3. The van der Waals surface area contributed by atoms with Gasteiger partial charge in [0.25, 0.3) is 0 Å². The third kappa shape index (κ3) is 4.28. The molecule has 0 atom stereocenters. The van der Waals surface area contributed by atoms with E-state index in [0.29, 0.717) is 25.0 Å². The average Bonchev–Trinajstić information content (AvgIpc) is 2.28. The molecular weight excluding hydrogens is 240 g/mol. The van der Waals surface area contributed by atoms with Gasteiger partial charge in [0.15, 0.2) is 15.6 Å². The molecule has 0 aliphatic rings. The van der Waals surface area contributed by atoms with Crippen molar-refractivity contribution in [2.75, 3.05) is 20.0 Å². The Morgan fingerprint density at radius 3 is 2.65 bits per heavy atom. The van der Waals surface area contributed by atoms with Gasteiger partial charge in [-0.2, -0.15) is 0 Å². The fraction of sp³-hybridized carbons (Fsp3) is 0.417. The second-order valence-corrected chi connectivity index (χ2v) is 5.84. The van der Waals surface area contributed by atoms with Crippen molar-refractivity contribution in [3.05, 3.63) is 29.8 Å². The Morgan fingerprint density at radius 2 is 2.06 bits per heavy atom. The van der Waals surface area contributed by atoms with E-state index in [-0.39, 0.29) is 10.7 Å². The van der Waals surface area contributed by atoms with Gasteiger partial charge in [0, 0.05) is 32.0 Å². The molecule has 0 heterocycles. The number of Topliss-reactive ketones (excluding diaryl/α,β-unsaturated/α-hetero) is 1. The smallest absolute Gasteiger partial charge is 0.175 e. The van der Waals surface area contributed by atoms with Crippen LogP contribution in [0.15, 0.2) is 29.2 Å². The molecule has 1 aromatic carbocycles. The molecule has 4 nitrogen and oxygen atoms in total. The van der Waals surface area contributed by atoms with E-state index >= 15 is 0 Å². The lowest BCUT2D eigenvalue weighted by atomic mass is 10.1. The van der Waals surface area contributed by atoms with Crippen LogP contribution in [0, 0.1) is 0 Å². The van der Waals surface area contributed by atoms with Crippen molar-refractivity contribution < 1.29 is 17.9 Å². The van der Waals surface area contributed by atoms with Crippen molar-refractivity contribution >= 4 is 15.6 Å². The minimum Gasteiger partial charge on any atom is -0.385 e. The lowest BCUT2D eigenvalue weighted by Gasteiger charge is -2.03. The summed E-state index contributed by atoms with van der Waals surface area (Å²) in [5, 5.41) is 0. The molecule has 0 saturated carbocycles. The molecule has 0 amide bonds. The van der Waals surface area contributed by atoms with E-state index < -0.39 is 9.84 Å². The first-order chi connectivity index (χ1) is 7.95. The second-order valence-electron chi connectivity index (χ2n) is 3.82.